The first-order valence-electron chi connectivity index (χ1n) is 7.58. The van der Waals surface area contributed by atoms with E-state index in [2.05, 4.69) is 0 Å². The zero-order chi connectivity index (χ0) is 16.5. The summed E-state index contributed by atoms with van der Waals surface area (Å²) >= 11 is 0. The molecular formula is C15H24N2O4S. The van der Waals surface area contributed by atoms with Crippen LogP contribution in [0.4, 0.5) is 0 Å². The molecule has 0 aromatic carbocycles. The van der Waals surface area contributed by atoms with Gasteiger partial charge in [0, 0.05) is 26.2 Å². The number of sulfonamides is 1. The summed E-state index contributed by atoms with van der Waals surface area (Å²) in [7, 11) is -3.26. The number of aryl methyl sites for hydroxylation is 2. The molecule has 0 atom stereocenters. The first-order valence-corrected chi connectivity index (χ1v) is 9.09. The largest absolute Gasteiger partial charge is 0.466 e. The lowest BCUT2D eigenvalue weighted by atomic mass is 10.2. The normalized spacial score (nSPS) is 17.8. The highest BCUT2D eigenvalue weighted by Gasteiger charge is 2.30. The summed E-state index contributed by atoms with van der Waals surface area (Å²) in [5.41, 5.74) is 0.567. The van der Waals surface area contributed by atoms with Crippen LogP contribution < -0.4 is 0 Å². The minimum absolute atomic E-state index is 0.0851. The van der Waals surface area contributed by atoms with Gasteiger partial charge in [0.05, 0.1) is 10.8 Å². The van der Waals surface area contributed by atoms with E-state index >= 15 is 0 Å². The number of carbonyl (C=O) groups excluding carboxylic acids is 1. The molecule has 1 aromatic heterocycles. The molecule has 1 fully saturated rings. The van der Waals surface area contributed by atoms with Gasteiger partial charge in [0.1, 0.15) is 11.5 Å². The number of rotatable bonds is 3. The fraction of sp³-hybridized carbons (Fsp3) is 0.667. The van der Waals surface area contributed by atoms with Crippen molar-refractivity contribution in [2.24, 2.45) is 0 Å². The standard InChI is InChI=1S/C15H24N2O4S/c1-11(2)22(19,20)17-7-5-6-16(8-9-17)15(18)14-10-12(3)21-13(14)4/h10-11H,5-9H2,1-4H3. The van der Waals surface area contributed by atoms with E-state index in [-0.39, 0.29) is 5.91 Å². The molecule has 1 aromatic rings. The van der Waals surface area contributed by atoms with Crippen LogP contribution >= 0.6 is 0 Å². The van der Waals surface area contributed by atoms with Crippen molar-refractivity contribution in [3.05, 3.63) is 23.2 Å². The van der Waals surface area contributed by atoms with Gasteiger partial charge in [-0.05, 0) is 40.2 Å². The Labute approximate surface area is 132 Å². The third-order valence-corrected chi connectivity index (χ3v) is 6.25. The van der Waals surface area contributed by atoms with Crippen LogP contribution in [0.15, 0.2) is 10.5 Å². The number of amides is 1. The van der Waals surface area contributed by atoms with E-state index in [0.717, 1.165) is 0 Å². The van der Waals surface area contributed by atoms with Crippen LogP contribution in [0.2, 0.25) is 0 Å². The van der Waals surface area contributed by atoms with Gasteiger partial charge in [-0.15, -0.1) is 0 Å². The van der Waals surface area contributed by atoms with E-state index in [1.807, 2.05) is 6.92 Å². The molecule has 1 aliphatic heterocycles. The van der Waals surface area contributed by atoms with Crippen molar-refractivity contribution in [2.45, 2.75) is 39.4 Å². The van der Waals surface area contributed by atoms with Crippen LogP contribution in [-0.2, 0) is 10.0 Å². The van der Waals surface area contributed by atoms with Gasteiger partial charge in [-0.3, -0.25) is 4.79 Å². The molecule has 0 saturated carbocycles. The lowest BCUT2D eigenvalue weighted by Gasteiger charge is -2.23. The molecule has 6 nitrogen and oxygen atoms in total. The molecule has 0 unspecified atom stereocenters. The number of hydrogen-bond donors (Lipinski definition) is 0. The van der Waals surface area contributed by atoms with E-state index in [4.69, 9.17) is 4.42 Å². The minimum atomic E-state index is -3.26. The maximum atomic E-state index is 12.6. The SMILES string of the molecule is Cc1cc(C(=O)N2CCCN(S(=O)(=O)C(C)C)CC2)c(C)o1. The number of nitrogens with zero attached hydrogens (tertiary/aromatic N) is 2. The van der Waals surface area contributed by atoms with Crippen molar-refractivity contribution in [1.82, 2.24) is 9.21 Å². The Hall–Kier alpha value is -1.34. The predicted octanol–water partition coefficient (Wildman–Crippen LogP) is 1.78. The van der Waals surface area contributed by atoms with Gasteiger partial charge in [-0.1, -0.05) is 0 Å². The van der Waals surface area contributed by atoms with Gasteiger partial charge in [0.2, 0.25) is 10.0 Å². The molecule has 2 rings (SSSR count). The van der Waals surface area contributed by atoms with Crippen LogP contribution in [0.5, 0.6) is 0 Å². The molecular weight excluding hydrogens is 304 g/mol. The van der Waals surface area contributed by atoms with E-state index in [1.165, 1.54) is 4.31 Å². The van der Waals surface area contributed by atoms with Crippen LogP contribution in [-0.4, -0.2) is 55.0 Å². The molecule has 2 heterocycles. The third-order valence-electron chi connectivity index (χ3n) is 3.97. The average molecular weight is 328 g/mol. The Balaban J connectivity index is 2.11. The van der Waals surface area contributed by atoms with Crippen LogP contribution in [0, 0.1) is 13.8 Å². The van der Waals surface area contributed by atoms with Crippen LogP contribution in [0.1, 0.15) is 42.1 Å². The minimum Gasteiger partial charge on any atom is -0.466 e. The smallest absolute Gasteiger partial charge is 0.257 e. The molecule has 1 amide bonds. The summed E-state index contributed by atoms with van der Waals surface area (Å²) in [4.78, 5) is 14.3. The summed E-state index contributed by atoms with van der Waals surface area (Å²) in [5.74, 6) is 1.23. The Kier molecular flexibility index (Phi) is 4.97. The highest BCUT2D eigenvalue weighted by Crippen LogP contribution is 2.18. The lowest BCUT2D eigenvalue weighted by molar-refractivity contribution is 0.0762. The monoisotopic (exact) mass is 328 g/mol. The van der Waals surface area contributed by atoms with Crippen molar-refractivity contribution in [3.8, 4) is 0 Å². The second-order valence-electron chi connectivity index (χ2n) is 5.97. The number of furan rings is 1. The van der Waals surface area contributed by atoms with Crippen LogP contribution in [0.3, 0.4) is 0 Å². The van der Waals surface area contributed by atoms with E-state index in [0.29, 0.717) is 49.7 Å². The highest BCUT2D eigenvalue weighted by molar-refractivity contribution is 7.89. The first kappa shape index (κ1) is 17.0. The lowest BCUT2D eigenvalue weighted by Crippen LogP contribution is -2.40. The highest BCUT2D eigenvalue weighted by atomic mass is 32.2. The summed E-state index contributed by atoms with van der Waals surface area (Å²) in [6.07, 6.45) is 0.646. The zero-order valence-electron chi connectivity index (χ0n) is 13.6. The molecule has 7 heteroatoms. The Bertz CT molecular complexity index is 648. The Morgan fingerprint density at radius 1 is 1.18 bits per heavy atom. The predicted molar refractivity (Wildman–Crippen MR) is 84.3 cm³/mol. The molecule has 0 radical (unpaired) electrons. The van der Waals surface area contributed by atoms with Gasteiger partial charge in [-0.25, -0.2) is 8.42 Å². The molecule has 1 saturated heterocycles. The molecule has 0 bridgehead atoms. The Morgan fingerprint density at radius 3 is 2.41 bits per heavy atom. The van der Waals surface area contributed by atoms with E-state index in [1.54, 1.807) is 31.7 Å². The topological polar surface area (TPSA) is 70.8 Å². The van der Waals surface area contributed by atoms with Crippen molar-refractivity contribution >= 4 is 15.9 Å². The molecule has 0 aliphatic carbocycles. The summed E-state index contributed by atoms with van der Waals surface area (Å²) in [6, 6.07) is 1.74. The molecule has 0 spiro atoms. The van der Waals surface area contributed by atoms with Crippen molar-refractivity contribution < 1.29 is 17.6 Å². The Morgan fingerprint density at radius 2 is 1.86 bits per heavy atom. The number of carbonyl (C=O) groups is 1. The van der Waals surface area contributed by atoms with E-state index < -0.39 is 15.3 Å². The average Bonchev–Trinajstić information content (AvgIpc) is 2.66. The second-order valence-corrected chi connectivity index (χ2v) is 8.45. The summed E-state index contributed by atoms with van der Waals surface area (Å²) in [5, 5.41) is -0.437. The fourth-order valence-electron chi connectivity index (χ4n) is 2.66. The molecule has 22 heavy (non-hydrogen) atoms. The molecule has 124 valence electrons. The zero-order valence-corrected chi connectivity index (χ0v) is 14.4. The van der Waals surface area contributed by atoms with Gasteiger partial charge in [0.15, 0.2) is 0 Å². The second kappa shape index (κ2) is 6.42. The van der Waals surface area contributed by atoms with Crippen LogP contribution in [0.25, 0.3) is 0 Å². The van der Waals surface area contributed by atoms with E-state index in [9.17, 15) is 13.2 Å². The molecule has 0 N–H and O–H groups in total. The first-order chi connectivity index (χ1) is 10.2. The van der Waals surface area contributed by atoms with Crippen molar-refractivity contribution in [1.29, 1.82) is 0 Å². The van der Waals surface area contributed by atoms with Gasteiger partial charge >= 0.3 is 0 Å². The van der Waals surface area contributed by atoms with Crippen molar-refractivity contribution in [2.75, 3.05) is 26.2 Å². The number of hydrogen-bond acceptors (Lipinski definition) is 4. The third kappa shape index (κ3) is 3.35. The van der Waals surface area contributed by atoms with Gasteiger partial charge < -0.3 is 9.32 Å². The quantitative estimate of drug-likeness (QED) is 0.848. The molecule has 1 aliphatic rings. The maximum Gasteiger partial charge on any atom is 0.257 e. The summed E-state index contributed by atoms with van der Waals surface area (Å²) in [6.45, 7) is 8.73. The fourth-order valence-corrected chi connectivity index (χ4v) is 3.98. The van der Waals surface area contributed by atoms with Gasteiger partial charge in [-0.2, -0.15) is 4.31 Å². The maximum absolute atomic E-state index is 12.6. The summed E-state index contributed by atoms with van der Waals surface area (Å²) < 4.78 is 31.4. The van der Waals surface area contributed by atoms with Crippen molar-refractivity contribution in [3.63, 3.8) is 0 Å². The van der Waals surface area contributed by atoms with Gasteiger partial charge in [0.25, 0.3) is 5.91 Å².